The van der Waals surface area contributed by atoms with Gasteiger partial charge in [0.05, 0.1) is 10.7 Å². The molecule has 1 aliphatic rings. The second-order valence-electron chi connectivity index (χ2n) is 5.52. The number of nitrogens with zero attached hydrogens (tertiary/aromatic N) is 2. The lowest BCUT2D eigenvalue weighted by molar-refractivity contribution is -0.122. The Morgan fingerprint density at radius 3 is 3.00 bits per heavy atom. The minimum Gasteiger partial charge on any atom is -0.354 e. The van der Waals surface area contributed by atoms with E-state index in [1.807, 2.05) is 0 Å². The van der Waals surface area contributed by atoms with Crippen molar-refractivity contribution >= 4 is 29.2 Å². The minimum atomic E-state index is -0.528. The number of rotatable bonds is 3. The van der Waals surface area contributed by atoms with Gasteiger partial charge >= 0.3 is 6.03 Å². The van der Waals surface area contributed by atoms with E-state index in [2.05, 4.69) is 21.0 Å². The summed E-state index contributed by atoms with van der Waals surface area (Å²) >= 11 is 6.24. The molecular weight excluding hydrogens is 330 g/mol. The highest BCUT2D eigenvalue weighted by atomic mass is 35.5. The van der Waals surface area contributed by atoms with Crippen LogP contribution in [0.1, 0.15) is 19.3 Å². The maximum absolute atomic E-state index is 12.3. The van der Waals surface area contributed by atoms with Gasteiger partial charge in [0.15, 0.2) is 0 Å². The second kappa shape index (κ2) is 7.35. The third kappa shape index (κ3) is 3.68. The Hall–Kier alpha value is -2.54. The lowest BCUT2D eigenvalue weighted by atomic mass is 10.1. The normalized spacial score (nSPS) is 17.7. The number of anilines is 1. The molecule has 0 aliphatic carbocycles. The molecule has 0 unspecified atom stereocenters. The van der Waals surface area contributed by atoms with Crippen molar-refractivity contribution in [3.8, 4) is 5.69 Å². The van der Waals surface area contributed by atoms with Crippen LogP contribution >= 0.6 is 11.6 Å². The molecule has 3 amide bonds. The topological polar surface area (TPSA) is 88.1 Å². The van der Waals surface area contributed by atoms with Gasteiger partial charge in [0.25, 0.3) is 0 Å². The van der Waals surface area contributed by atoms with Gasteiger partial charge < -0.3 is 16.0 Å². The fourth-order valence-corrected chi connectivity index (χ4v) is 2.90. The Bertz CT molecular complexity index is 732. The van der Waals surface area contributed by atoms with Gasteiger partial charge in [0.2, 0.25) is 5.91 Å². The summed E-state index contributed by atoms with van der Waals surface area (Å²) < 4.78 is 1.58. The van der Waals surface area contributed by atoms with Crippen LogP contribution in [0.4, 0.5) is 10.5 Å². The van der Waals surface area contributed by atoms with E-state index < -0.39 is 12.1 Å². The fourth-order valence-electron chi connectivity index (χ4n) is 2.64. The molecule has 1 aliphatic heterocycles. The van der Waals surface area contributed by atoms with Crippen LogP contribution in [0.25, 0.3) is 5.69 Å². The number of carbonyl (C=O) groups is 2. The molecule has 0 bridgehead atoms. The van der Waals surface area contributed by atoms with E-state index in [0.29, 0.717) is 29.4 Å². The number of nitrogens with one attached hydrogen (secondary N) is 3. The van der Waals surface area contributed by atoms with Crippen molar-refractivity contribution in [3.05, 3.63) is 41.7 Å². The van der Waals surface area contributed by atoms with Crippen molar-refractivity contribution in [3.63, 3.8) is 0 Å². The van der Waals surface area contributed by atoms with E-state index in [9.17, 15) is 9.59 Å². The van der Waals surface area contributed by atoms with Crippen LogP contribution in [-0.4, -0.2) is 34.3 Å². The number of benzene rings is 1. The first-order valence-electron chi connectivity index (χ1n) is 7.79. The number of amides is 3. The molecule has 3 N–H and O–H groups in total. The van der Waals surface area contributed by atoms with Crippen molar-refractivity contribution in [1.29, 1.82) is 0 Å². The first-order valence-corrected chi connectivity index (χ1v) is 8.17. The smallest absolute Gasteiger partial charge is 0.319 e. The van der Waals surface area contributed by atoms with Gasteiger partial charge in [-0.15, -0.1) is 0 Å². The Kier molecular flexibility index (Phi) is 5.00. The maximum Gasteiger partial charge on any atom is 0.319 e. The van der Waals surface area contributed by atoms with Crippen LogP contribution in [0.5, 0.6) is 0 Å². The van der Waals surface area contributed by atoms with Gasteiger partial charge in [-0.1, -0.05) is 17.7 Å². The van der Waals surface area contributed by atoms with Crippen molar-refractivity contribution in [1.82, 2.24) is 20.4 Å². The van der Waals surface area contributed by atoms with E-state index >= 15 is 0 Å². The number of halogens is 1. The van der Waals surface area contributed by atoms with Gasteiger partial charge in [-0.2, -0.15) is 5.10 Å². The minimum absolute atomic E-state index is 0.152. The predicted molar refractivity (Wildman–Crippen MR) is 91.4 cm³/mol. The molecule has 1 saturated heterocycles. The lowest BCUT2D eigenvalue weighted by Gasteiger charge is -2.17. The van der Waals surface area contributed by atoms with Crippen LogP contribution in [0.3, 0.4) is 0 Å². The quantitative estimate of drug-likeness (QED) is 0.796. The van der Waals surface area contributed by atoms with E-state index in [-0.39, 0.29) is 5.91 Å². The summed E-state index contributed by atoms with van der Waals surface area (Å²) in [4.78, 5) is 24.2. The van der Waals surface area contributed by atoms with Gasteiger partial charge in [0, 0.05) is 18.9 Å². The molecule has 0 saturated carbocycles. The molecule has 1 aromatic heterocycles. The van der Waals surface area contributed by atoms with E-state index in [1.54, 1.807) is 41.3 Å². The molecule has 126 valence electrons. The van der Waals surface area contributed by atoms with Gasteiger partial charge in [0.1, 0.15) is 11.7 Å². The lowest BCUT2D eigenvalue weighted by Crippen LogP contribution is -2.47. The first kappa shape index (κ1) is 16.3. The van der Waals surface area contributed by atoms with Crippen LogP contribution in [0.2, 0.25) is 5.02 Å². The predicted octanol–water partition coefficient (Wildman–Crippen LogP) is 2.32. The van der Waals surface area contributed by atoms with Crippen LogP contribution in [0, 0.1) is 0 Å². The van der Waals surface area contributed by atoms with E-state index in [0.717, 1.165) is 12.8 Å². The van der Waals surface area contributed by atoms with Crippen molar-refractivity contribution in [2.24, 2.45) is 0 Å². The number of para-hydroxylation sites is 1. The number of aromatic nitrogens is 2. The molecule has 2 heterocycles. The number of carbonyl (C=O) groups excluding carboxylic acids is 2. The maximum atomic E-state index is 12.3. The molecule has 3 rings (SSSR count). The summed E-state index contributed by atoms with van der Waals surface area (Å²) in [7, 11) is 0. The molecule has 24 heavy (non-hydrogen) atoms. The first-order chi connectivity index (χ1) is 11.6. The summed E-state index contributed by atoms with van der Waals surface area (Å²) in [6.07, 6.45) is 5.80. The van der Waals surface area contributed by atoms with Gasteiger partial charge in [-0.05, 0) is 37.5 Å². The highest BCUT2D eigenvalue weighted by Gasteiger charge is 2.23. The van der Waals surface area contributed by atoms with Crippen LogP contribution in [-0.2, 0) is 4.79 Å². The number of urea groups is 1. The highest BCUT2D eigenvalue weighted by molar-refractivity contribution is 6.33. The summed E-state index contributed by atoms with van der Waals surface area (Å²) in [5.74, 6) is -0.152. The molecule has 1 fully saturated rings. The largest absolute Gasteiger partial charge is 0.354 e. The monoisotopic (exact) mass is 347 g/mol. The zero-order valence-electron chi connectivity index (χ0n) is 13.0. The Morgan fingerprint density at radius 1 is 1.33 bits per heavy atom. The van der Waals surface area contributed by atoms with Crippen molar-refractivity contribution in [2.75, 3.05) is 11.9 Å². The Labute approximate surface area is 144 Å². The zero-order chi connectivity index (χ0) is 16.9. The average molecular weight is 348 g/mol. The summed E-state index contributed by atoms with van der Waals surface area (Å²) in [5, 5.41) is 12.9. The molecule has 7 nitrogen and oxygen atoms in total. The SMILES string of the molecule is O=C(Nc1cccc(Cl)c1-n1cccn1)N[C@@H]1CCCCNC1=O. The van der Waals surface area contributed by atoms with Gasteiger partial charge in [-0.3, -0.25) is 4.79 Å². The van der Waals surface area contributed by atoms with E-state index in [1.165, 1.54) is 0 Å². The highest BCUT2D eigenvalue weighted by Crippen LogP contribution is 2.27. The average Bonchev–Trinajstić information content (AvgIpc) is 3.00. The van der Waals surface area contributed by atoms with E-state index in [4.69, 9.17) is 11.6 Å². The third-order valence-electron chi connectivity index (χ3n) is 3.81. The number of hydrogen-bond acceptors (Lipinski definition) is 3. The van der Waals surface area contributed by atoms with Crippen molar-refractivity contribution in [2.45, 2.75) is 25.3 Å². The Balaban J connectivity index is 1.75. The third-order valence-corrected chi connectivity index (χ3v) is 4.11. The number of hydrogen-bond donors (Lipinski definition) is 3. The Morgan fingerprint density at radius 2 is 2.21 bits per heavy atom. The molecular formula is C16H18ClN5O2. The van der Waals surface area contributed by atoms with Crippen molar-refractivity contribution < 1.29 is 9.59 Å². The molecule has 1 aromatic carbocycles. The summed E-state index contributed by atoms with van der Waals surface area (Å²) in [6.45, 7) is 0.649. The molecule has 0 spiro atoms. The molecule has 1 atom stereocenters. The fraction of sp³-hybridized carbons (Fsp3) is 0.312. The molecule has 8 heteroatoms. The second-order valence-corrected chi connectivity index (χ2v) is 5.93. The summed E-state index contributed by atoms with van der Waals surface area (Å²) in [5.41, 5.74) is 1.09. The zero-order valence-corrected chi connectivity index (χ0v) is 13.7. The van der Waals surface area contributed by atoms with Crippen LogP contribution < -0.4 is 16.0 Å². The van der Waals surface area contributed by atoms with Crippen LogP contribution in [0.15, 0.2) is 36.7 Å². The molecule has 0 radical (unpaired) electrons. The summed E-state index contributed by atoms with van der Waals surface area (Å²) in [6, 6.07) is 5.98. The standard InChI is InChI=1S/C16H18ClN5O2/c17-11-5-3-7-12(14(11)22-10-4-9-19-22)20-16(24)21-13-6-1-2-8-18-15(13)23/h3-5,7,9-10,13H,1-2,6,8H2,(H,18,23)(H2,20,21,24)/t13-/m1/s1. The van der Waals surface area contributed by atoms with Gasteiger partial charge in [-0.25, -0.2) is 9.48 Å². The molecule has 2 aromatic rings.